The number of anilines is 1. The maximum absolute atomic E-state index is 11.4. The summed E-state index contributed by atoms with van der Waals surface area (Å²) in [5.41, 5.74) is 11.6. The third-order valence-electron chi connectivity index (χ3n) is 2.64. The van der Waals surface area contributed by atoms with E-state index in [4.69, 9.17) is 16.2 Å². The first-order valence-electron chi connectivity index (χ1n) is 5.94. The van der Waals surface area contributed by atoms with Gasteiger partial charge >= 0.3 is 5.97 Å². The van der Waals surface area contributed by atoms with Crippen LogP contribution in [0.5, 0.6) is 11.6 Å². The number of aromatic nitrogens is 1. The molecule has 0 atom stereocenters. The van der Waals surface area contributed by atoms with Crippen LogP contribution in [0.15, 0.2) is 36.4 Å². The van der Waals surface area contributed by atoms with Crippen LogP contribution in [-0.4, -0.2) is 24.0 Å². The van der Waals surface area contributed by atoms with E-state index in [2.05, 4.69) is 9.72 Å². The van der Waals surface area contributed by atoms with Crippen molar-refractivity contribution in [1.29, 1.82) is 0 Å². The highest BCUT2D eigenvalue weighted by Gasteiger charge is 2.12. The van der Waals surface area contributed by atoms with E-state index in [0.717, 1.165) is 0 Å². The molecule has 1 aromatic heterocycles. The fourth-order valence-corrected chi connectivity index (χ4v) is 1.55. The van der Waals surface area contributed by atoms with Crippen LogP contribution in [0.4, 0.5) is 5.69 Å². The van der Waals surface area contributed by atoms with Gasteiger partial charge in [0.25, 0.3) is 0 Å². The molecular formula is C14H13N3O4. The van der Waals surface area contributed by atoms with Gasteiger partial charge in [0.2, 0.25) is 11.8 Å². The Kier molecular flexibility index (Phi) is 4.03. The van der Waals surface area contributed by atoms with Gasteiger partial charge in [-0.25, -0.2) is 9.78 Å². The normalized spacial score (nSPS) is 9.95. The molecule has 0 saturated heterocycles. The topological polar surface area (TPSA) is 118 Å². The first kappa shape index (κ1) is 14.3. The van der Waals surface area contributed by atoms with Crippen molar-refractivity contribution in [2.45, 2.75) is 0 Å². The van der Waals surface area contributed by atoms with E-state index in [0.29, 0.717) is 11.3 Å². The highest BCUT2D eigenvalue weighted by Crippen LogP contribution is 2.25. The molecule has 7 nitrogen and oxygen atoms in total. The number of esters is 1. The summed E-state index contributed by atoms with van der Waals surface area (Å²) in [5, 5.41) is 0. The summed E-state index contributed by atoms with van der Waals surface area (Å²) in [6, 6.07) is 9.05. The molecule has 1 heterocycles. The number of benzene rings is 1. The summed E-state index contributed by atoms with van der Waals surface area (Å²) >= 11 is 0. The molecule has 4 N–H and O–H groups in total. The average molecular weight is 287 g/mol. The van der Waals surface area contributed by atoms with E-state index in [1.807, 2.05) is 0 Å². The maximum atomic E-state index is 11.4. The minimum absolute atomic E-state index is 0.0738. The summed E-state index contributed by atoms with van der Waals surface area (Å²) in [5.74, 6) is -0.651. The van der Waals surface area contributed by atoms with E-state index in [1.165, 1.54) is 31.4 Å². The first-order valence-corrected chi connectivity index (χ1v) is 5.94. The summed E-state index contributed by atoms with van der Waals surface area (Å²) in [4.78, 5) is 26.4. The molecule has 0 spiro atoms. The Bertz CT molecular complexity index is 683. The molecule has 0 radical (unpaired) electrons. The molecule has 0 fully saturated rings. The second kappa shape index (κ2) is 5.91. The number of carbonyl (C=O) groups is 2. The van der Waals surface area contributed by atoms with Gasteiger partial charge in [0.1, 0.15) is 5.75 Å². The Hall–Kier alpha value is -3.09. The smallest absolute Gasteiger partial charge is 0.356 e. The number of amides is 1. The number of primary amides is 1. The van der Waals surface area contributed by atoms with Crippen LogP contribution >= 0.6 is 0 Å². The molecule has 0 saturated carbocycles. The maximum Gasteiger partial charge on any atom is 0.356 e. The van der Waals surface area contributed by atoms with E-state index in [-0.39, 0.29) is 17.3 Å². The molecule has 0 unspecified atom stereocenters. The monoisotopic (exact) mass is 287 g/mol. The zero-order chi connectivity index (χ0) is 15.4. The van der Waals surface area contributed by atoms with E-state index >= 15 is 0 Å². The predicted molar refractivity (Wildman–Crippen MR) is 75.0 cm³/mol. The standard InChI is InChI=1S/C14H13N3O4/c1-20-14(19)11-7-6-10(15)13(17-11)21-9-4-2-8(3-5-9)12(16)18/h2-7H,15H2,1H3,(H2,16,18). The summed E-state index contributed by atoms with van der Waals surface area (Å²) < 4.78 is 10.1. The summed E-state index contributed by atoms with van der Waals surface area (Å²) in [6.07, 6.45) is 0. The fourth-order valence-electron chi connectivity index (χ4n) is 1.55. The SMILES string of the molecule is COC(=O)c1ccc(N)c(Oc2ccc(C(N)=O)cc2)n1. The second-order valence-electron chi connectivity index (χ2n) is 4.07. The summed E-state index contributed by atoms with van der Waals surface area (Å²) in [6.45, 7) is 0. The summed E-state index contributed by atoms with van der Waals surface area (Å²) in [7, 11) is 1.25. The Morgan fingerprint density at radius 3 is 2.33 bits per heavy atom. The van der Waals surface area contributed by atoms with Gasteiger partial charge in [-0.3, -0.25) is 4.79 Å². The van der Waals surface area contributed by atoms with Crippen LogP contribution in [0, 0.1) is 0 Å². The van der Waals surface area contributed by atoms with Crippen LogP contribution in [0.3, 0.4) is 0 Å². The molecule has 2 aromatic rings. The van der Waals surface area contributed by atoms with Crippen molar-refractivity contribution in [1.82, 2.24) is 4.98 Å². The predicted octanol–water partition coefficient (Wildman–Crippen LogP) is 1.34. The lowest BCUT2D eigenvalue weighted by molar-refractivity contribution is 0.0593. The molecule has 7 heteroatoms. The molecule has 0 bridgehead atoms. The lowest BCUT2D eigenvalue weighted by atomic mass is 10.2. The van der Waals surface area contributed by atoms with Crippen molar-refractivity contribution in [3.63, 3.8) is 0 Å². The van der Waals surface area contributed by atoms with Crippen LogP contribution < -0.4 is 16.2 Å². The van der Waals surface area contributed by atoms with Gasteiger partial charge in [0, 0.05) is 5.56 Å². The number of pyridine rings is 1. The largest absolute Gasteiger partial charge is 0.464 e. The quantitative estimate of drug-likeness (QED) is 0.819. The molecule has 1 aromatic carbocycles. The number of ether oxygens (including phenoxy) is 2. The Balaban J connectivity index is 2.26. The molecule has 1 amide bonds. The number of hydrogen-bond acceptors (Lipinski definition) is 6. The van der Waals surface area contributed by atoms with Crippen LogP contribution in [0.2, 0.25) is 0 Å². The number of methoxy groups -OCH3 is 1. The van der Waals surface area contributed by atoms with Crippen LogP contribution in [0.25, 0.3) is 0 Å². The van der Waals surface area contributed by atoms with Gasteiger partial charge < -0.3 is 20.9 Å². The van der Waals surface area contributed by atoms with Crippen molar-refractivity contribution < 1.29 is 19.1 Å². The van der Waals surface area contributed by atoms with Gasteiger partial charge in [-0.2, -0.15) is 0 Å². The molecule has 0 aliphatic rings. The Morgan fingerprint density at radius 2 is 1.76 bits per heavy atom. The van der Waals surface area contributed by atoms with Gasteiger partial charge in [0.15, 0.2) is 5.69 Å². The molecular weight excluding hydrogens is 274 g/mol. The fraction of sp³-hybridized carbons (Fsp3) is 0.0714. The minimum Gasteiger partial charge on any atom is -0.464 e. The number of nitrogens with zero attached hydrogens (tertiary/aromatic N) is 1. The third-order valence-corrected chi connectivity index (χ3v) is 2.64. The molecule has 0 aliphatic heterocycles. The molecule has 0 aliphatic carbocycles. The van der Waals surface area contributed by atoms with Crippen molar-refractivity contribution in [3.8, 4) is 11.6 Å². The minimum atomic E-state index is -0.594. The van der Waals surface area contributed by atoms with E-state index in [9.17, 15) is 9.59 Å². The zero-order valence-corrected chi connectivity index (χ0v) is 11.2. The zero-order valence-electron chi connectivity index (χ0n) is 11.2. The molecule has 2 rings (SSSR count). The Labute approximate surface area is 120 Å². The lowest BCUT2D eigenvalue weighted by Gasteiger charge is -2.08. The number of nitrogens with two attached hydrogens (primary N) is 2. The average Bonchev–Trinajstić information content (AvgIpc) is 2.49. The van der Waals surface area contributed by atoms with Crippen molar-refractivity contribution in [2.75, 3.05) is 12.8 Å². The van der Waals surface area contributed by atoms with Crippen LogP contribution in [0.1, 0.15) is 20.8 Å². The van der Waals surface area contributed by atoms with Crippen molar-refractivity contribution in [3.05, 3.63) is 47.7 Å². The molecule has 21 heavy (non-hydrogen) atoms. The third kappa shape index (κ3) is 3.27. The number of carbonyl (C=O) groups excluding carboxylic acids is 2. The number of rotatable bonds is 4. The van der Waals surface area contributed by atoms with Gasteiger partial charge in [-0.15, -0.1) is 0 Å². The van der Waals surface area contributed by atoms with Crippen molar-refractivity contribution >= 4 is 17.6 Å². The number of hydrogen-bond donors (Lipinski definition) is 2. The lowest BCUT2D eigenvalue weighted by Crippen LogP contribution is -2.10. The first-order chi connectivity index (χ1) is 10.0. The Morgan fingerprint density at radius 1 is 1.10 bits per heavy atom. The highest BCUT2D eigenvalue weighted by molar-refractivity contribution is 5.92. The van der Waals surface area contributed by atoms with Crippen LogP contribution in [-0.2, 0) is 4.74 Å². The van der Waals surface area contributed by atoms with Crippen molar-refractivity contribution in [2.24, 2.45) is 5.73 Å². The highest BCUT2D eigenvalue weighted by atomic mass is 16.5. The van der Waals surface area contributed by atoms with E-state index in [1.54, 1.807) is 12.1 Å². The van der Waals surface area contributed by atoms with Gasteiger partial charge in [0.05, 0.1) is 12.8 Å². The van der Waals surface area contributed by atoms with Gasteiger partial charge in [-0.1, -0.05) is 0 Å². The number of nitrogen functional groups attached to an aromatic ring is 1. The van der Waals surface area contributed by atoms with Gasteiger partial charge in [-0.05, 0) is 36.4 Å². The second-order valence-corrected chi connectivity index (χ2v) is 4.07. The van der Waals surface area contributed by atoms with E-state index < -0.39 is 11.9 Å². The molecule has 108 valence electrons.